The molecule has 0 aliphatic heterocycles. The highest BCUT2D eigenvalue weighted by Crippen LogP contribution is 2.30. The third kappa shape index (κ3) is 4.32. The number of fused-ring (bicyclic) bond motifs is 2. The summed E-state index contributed by atoms with van der Waals surface area (Å²) < 4.78 is 3.81. The molecule has 0 bridgehead atoms. The van der Waals surface area contributed by atoms with Crippen LogP contribution in [-0.4, -0.2) is 44.4 Å². The molecule has 4 aromatic rings. The molecule has 1 atom stereocenters. The molecule has 0 fully saturated rings. The van der Waals surface area contributed by atoms with Crippen LogP contribution in [0, 0.1) is 0 Å². The Morgan fingerprint density at radius 1 is 1.03 bits per heavy atom. The van der Waals surface area contributed by atoms with E-state index >= 15 is 0 Å². The van der Waals surface area contributed by atoms with E-state index in [1.54, 1.807) is 10.9 Å². The Balaban J connectivity index is 1.58. The highest BCUT2D eigenvalue weighted by Gasteiger charge is 2.24. The largest absolute Gasteiger partial charge is 0.340 e. The van der Waals surface area contributed by atoms with Gasteiger partial charge in [-0.25, -0.2) is 14.3 Å². The Kier molecular flexibility index (Phi) is 5.99. The summed E-state index contributed by atoms with van der Waals surface area (Å²) >= 11 is 0. The highest BCUT2D eigenvalue weighted by molar-refractivity contribution is 5.83. The molecule has 0 amide bonds. The summed E-state index contributed by atoms with van der Waals surface area (Å²) in [6, 6.07) is 13.1. The van der Waals surface area contributed by atoms with E-state index in [0.29, 0.717) is 17.2 Å². The molecule has 0 saturated carbocycles. The van der Waals surface area contributed by atoms with Gasteiger partial charge in [0.2, 0.25) is 0 Å². The Morgan fingerprint density at radius 2 is 1.78 bits per heavy atom. The summed E-state index contributed by atoms with van der Waals surface area (Å²) in [6.07, 6.45) is 5.66. The number of aromatic nitrogens is 4. The van der Waals surface area contributed by atoms with E-state index in [9.17, 15) is 4.79 Å². The van der Waals surface area contributed by atoms with E-state index in [1.165, 1.54) is 11.1 Å². The lowest BCUT2D eigenvalue weighted by molar-refractivity contribution is 0.303. The minimum absolute atomic E-state index is 0.0195. The van der Waals surface area contributed by atoms with Crippen molar-refractivity contribution in [1.82, 2.24) is 24.2 Å². The molecular formula is C29H36N6O. The van der Waals surface area contributed by atoms with E-state index < -0.39 is 0 Å². The Labute approximate surface area is 212 Å². The number of likely N-dealkylation sites (N-methyl/N-ethyl adjacent to an activating group) is 1. The summed E-state index contributed by atoms with van der Waals surface area (Å²) in [6.45, 7) is 10.5. The SMILES string of the molecule is CC(C)n1c(=O)c2cnc(Nc3ccc4c(c3)CC(N(C)C)C4)cc2n1-c1ccnc(C(C)(C)C)c1. The van der Waals surface area contributed by atoms with Crippen molar-refractivity contribution in [3.05, 3.63) is 76.0 Å². The number of nitrogens with zero attached hydrogens (tertiary/aromatic N) is 5. The van der Waals surface area contributed by atoms with Crippen LogP contribution >= 0.6 is 0 Å². The molecule has 5 rings (SSSR count). The molecule has 1 unspecified atom stereocenters. The fourth-order valence-electron chi connectivity index (χ4n) is 5.06. The number of anilines is 2. The topological polar surface area (TPSA) is 68.0 Å². The van der Waals surface area contributed by atoms with Crippen LogP contribution in [0.2, 0.25) is 0 Å². The zero-order valence-electron chi connectivity index (χ0n) is 22.3. The van der Waals surface area contributed by atoms with Crippen LogP contribution < -0.4 is 10.9 Å². The molecule has 1 aliphatic carbocycles. The van der Waals surface area contributed by atoms with Gasteiger partial charge in [0.1, 0.15) is 5.82 Å². The van der Waals surface area contributed by atoms with Crippen LogP contribution in [0.5, 0.6) is 0 Å². The average molecular weight is 485 g/mol. The first-order valence-corrected chi connectivity index (χ1v) is 12.7. The number of rotatable bonds is 5. The van der Waals surface area contributed by atoms with Crippen molar-refractivity contribution in [2.24, 2.45) is 0 Å². The third-order valence-electron chi connectivity index (χ3n) is 7.13. The smallest absolute Gasteiger partial charge is 0.276 e. The number of pyridine rings is 2. The van der Waals surface area contributed by atoms with Gasteiger partial charge in [-0.1, -0.05) is 26.8 Å². The fraction of sp³-hybridized carbons (Fsp3) is 0.414. The first-order valence-electron chi connectivity index (χ1n) is 12.7. The van der Waals surface area contributed by atoms with Gasteiger partial charge in [0.05, 0.1) is 16.6 Å². The predicted molar refractivity (Wildman–Crippen MR) is 147 cm³/mol. The molecule has 0 radical (unpaired) electrons. The van der Waals surface area contributed by atoms with Gasteiger partial charge in [-0.15, -0.1) is 0 Å². The van der Waals surface area contributed by atoms with Crippen molar-refractivity contribution >= 4 is 22.4 Å². The first kappa shape index (κ1) is 24.3. The second-order valence-electron chi connectivity index (χ2n) is 11.4. The van der Waals surface area contributed by atoms with Gasteiger partial charge in [-0.2, -0.15) is 0 Å². The number of benzene rings is 1. The Bertz CT molecular complexity index is 1490. The molecule has 1 aliphatic rings. The lowest BCUT2D eigenvalue weighted by atomic mass is 9.91. The van der Waals surface area contributed by atoms with Gasteiger partial charge in [-0.3, -0.25) is 9.78 Å². The maximum atomic E-state index is 13.4. The zero-order valence-corrected chi connectivity index (χ0v) is 22.3. The molecule has 3 heterocycles. The number of hydrogen-bond acceptors (Lipinski definition) is 5. The van der Waals surface area contributed by atoms with Crippen LogP contribution in [0.4, 0.5) is 11.5 Å². The predicted octanol–water partition coefficient (Wildman–Crippen LogP) is 5.23. The molecule has 188 valence electrons. The van der Waals surface area contributed by atoms with Gasteiger partial charge in [0, 0.05) is 47.3 Å². The summed E-state index contributed by atoms with van der Waals surface area (Å²) in [5.41, 5.74) is 6.39. The molecule has 0 spiro atoms. The summed E-state index contributed by atoms with van der Waals surface area (Å²) in [4.78, 5) is 24.9. The molecule has 36 heavy (non-hydrogen) atoms. The second kappa shape index (κ2) is 8.89. The molecule has 7 nitrogen and oxygen atoms in total. The minimum atomic E-state index is -0.102. The van der Waals surface area contributed by atoms with Crippen molar-refractivity contribution in [2.45, 2.75) is 65.0 Å². The maximum absolute atomic E-state index is 13.4. The van der Waals surface area contributed by atoms with Gasteiger partial charge >= 0.3 is 0 Å². The van der Waals surface area contributed by atoms with Gasteiger partial charge in [0.15, 0.2) is 0 Å². The molecule has 7 heteroatoms. The van der Waals surface area contributed by atoms with Crippen LogP contribution in [-0.2, 0) is 18.3 Å². The Hall–Kier alpha value is -3.45. The van der Waals surface area contributed by atoms with Gasteiger partial charge in [-0.05, 0) is 76.2 Å². The molecule has 1 N–H and O–H groups in total. The van der Waals surface area contributed by atoms with Crippen molar-refractivity contribution in [1.29, 1.82) is 0 Å². The van der Waals surface area contributed by atoms with E-state index in [4.69, 9.17) is 0 Å². The highest BCUT2D eigenvalue weighted by atomic mass is 16.1. The van der Waals surface area contributed by atoms with E-state index in [-0.39, 0.29) is 17.0 Å². The molecule has 3 aromatic heterocycles. The second-order valence-corrected chi connectivity index (χ2v) is 11.4. The molecule has 1 aromatic carbocycles. The standard InChI is InChI=1S/C29H36N6O/c1-18(2)34-28(36)24-17-31-27(32-21-9-8-19-13-23(33(6)7)14-20(19)12-21)16-25(24)35(34)22-10-11-30-26(15-22)29(3,4)5/h8-12,15-18,23H,13-14H2,1-7H3,(H,31,32). The minimum Gasteiger partial charge on any atom is -0.340 e. The van der Waals surface area contributed by atoms with Crippen LogP contribution in [0.1, 0.15) is 57.5 Å². The van der Waals surface area contributed by atoms with Crippen LogP contribution in [0.3, 0.4) is 0 Å². The fourth-order valence-corrected chi connectivity index (χ4v) is 5.06. The lowest BCUT2D eigenvalue weighted by Gasteiger charge is -2.21. The van der Waals surface area contributed by atoms with E-state index in [2.05, 4.69) is 79.3 Å². The Morgan fingerprint density at radius 3 is 2.47 bits per heavy atom. The molecule has 0 saturated heterocycles. The van der Waals surface area contributed by atoms with Gasteiger partial charge in [0.25, 0.3) is 5.56 Å². The van der Waals surface area contributed by atoms with Gasteiger partial charge < -0.3 is 10.2 Å². The normalized spacial score (nSPS) is 15.8. The van der Waals surface area contributed by atoms with Crippen molar-refractivity contribution < 1.29 is 0 Å². The lowest BCUT2D eigenvalue weighted by Crippen LogP contribution is -2.27. The quantitative estimate of drug-likeness (QED) is 0.420. The van der Waals surface area contributed by atoms with Crippen LogP contribution in [0.15, 0.2) is 53.6 Å². The monoisotopic (exact) mass is 484 g/mol. The average Bonchev–Trinajstić information content (AvgIpc) is 3.37. The van der Waals surface area contributed by atoms with Crippen LogP contribution in [0.25, 0.3) is 16.6 Å². The first-order chi connectivity index (χ1) is 17.0. The number of hydrogen-bond donors (Lipinski definition) is 1. The third-order valence-corrected chi connectivity index (χ3v) is 7.13. The van der Waals surface area contributed by atoms with Crippen molar-refractivity contribution in [3.63, 3.8) is 0 Å². The number of nitrogens with one attached hydrogen (secondary N) is 1. The summed E-state index contributed by atoms with van der Waals surface area (Å²) in [5, 5.41) is 4.08. The zero-order chi connectivity index (χ0) is 25.8. The summed E-state index contributed by atoms with van der Waals surface area (Å²) in [7, 11) is 4.29. The molecular weight excluding hydrogens is 448 g/mol. The maximum Gasteiger partial charge on any atom is 0.276 e. The summed E-state index contributed by atoms with van der Waals surface area (Å²) in [5.74, 6) is 0.712. The van der Waals surface area contributed by atoms with Crippen molar-refractivity contribution in [3.8, 4) is 5.69 Å². The van der Waals surface area contributed by atoms with Crippen molar-refractivity contribution in [2.75, 3.05) is 19.4 Å². The van der Waals surface area contributed by atoms with E-state index in [0.717, 1.165) is 35.4 Å². The van der Waals surface area contributed by atoms with E-state index in [1.807, 2.05) is 36.9 Å².